The summed E-state index contributed by atoms with van der Waals surface area (Å²) in [5.41, 5.74) is 3.50. The number of rotatable bonds is 6. The summed E-state index contributed by atoms with van der Waals surface area (Å²) in [7, 11) is 0. The lowest BCUT2D eigenvalue weighted by atomic mass is 9.91. The number of hydrogen-bond acceptors (Lipinski definition) is 5. The van der Waals surface area contributed by atoms with E-state index < -0.39 is 12.5 Å². The number of carboxylic acids is 1. The van der Waals surface area contributed by atoms with Crippen LogP contribution in [0.5, 0.6) is 5.75 Å². The number of aromatic amines is 1. The molecule has 1 aliphatic rings. The highest BCUT2D eigenvalue weighted by molar-refractivity contribution is 6.32. The average Bonchev–Trinajstić information content (AvgIpc) is 3.06. The SMILES string of the molecule is CCOc1cc2nc(Cc3nn(CC(=O)O)c(=O)c4c3CCCC4)[nH]c2cc1Cl. The lowest BCUT2D eigenvalue weighted by Crippen LogP contribution is -2.33. The maximum atomic E-state index is 12.6. The molecule has 0 radical (unpaired) electrons. The van der Waals surface area contributed by atoms with Crippen LogP contribution < -0.4 is 10.3 Å². The molecule has 0 saturated carbocycles. The third-order valence-corrected chi connectivity index (χ3v) is 5.35. The van der Waals surface area contributed by atoms with E-state index in [1.807, 2.05) is 6.92 Å². The monoisotopic (exact) mass is 416 g/mol. The normalized spacial score (nSPS) is 13.4. The largest absolute Gasteiger partial charge is 0.492 e. The predicted molar refractivity (Wildman–Crippen MR) is 108 cm³/mol. The molecule has 0 atom stereocenters. The molecule has 9 heteroatoms. The van der Waals surface area contributed by atoms with Gasteiger partial charge in [-0.3, -0.25) is 9.59 Å². The molecule has 8 nitrogen and oxygen atoms in total. The minimum atomic E-state index is -1.09. The molecule has 0 fully saturated rings. The number of carbonyl (C=O) groups is 1. The summed E-state index contributed by atoms with van der Waals surface area (Å²) in [5, 5.41) is 14.0. The number of hydrogen-bond donors (Lipinski definition) is 2. The van der Waals surface area contributed by atoms with Crippen molar-refractivity contribution in [2.24, 2.45) is 0 Å². The summed E-state index contributed by atoms with van der Waals surface area (Å²) in [5.74, 6) is 0.152. The first-order valence-corrected chi connectivity index (χ1v) is 9.98. The third kappa shape index (κ3) is 3.85. The highest BCUT2D eigenvalue weighted by Gasteiger charge is 2.22. The van der Waals surface area contributed by atoms with E-state index in [2.05, 4.69) is 15.1 Å². The maximum Gasteiger partial charge on any atom is 0.325 e. The number of halogens is 1. The number of benzene rings is 1. The first-order chi connectivity index (χ1) is 14.0. The van der Waals surface area contributed by atoms with E-state index in [1.165, 1.54) is 0 Å². The van der Waals surface area contributed by atoms with Gasteiger partial charge in [0.25, 0.3) is 5.56 Å². The number of H-pyrrole nitrogens is 1. The zero-order valence-corrected chi connectivity index (χ0v) is 16.8. The van der Waals surface area contributed by atoms with Gasteiger partial charge in [0.1, 0.15) is 18.1 Å². The van der Waals surface area contributed by atoms with Crippen molar-refractivity contribution in [3.05, 3.63) is 50.2 Å². The molecule has 0 saturated heterocycles. The van der Waals surface area contributed by atoms with Gasteiger partial charge in [-0.25, -0.2) is 9.67 Å². The number of nitrogens with one attached hydrogen (secondary N) is 1. The van der Waals surface area contributed by atoms with Gasteiger partial charge in [0, 0.05) is 11.6 Å². The lowest BCUT2D eigenvalue weighted by molar-refractivity contribution is -0.138. The van der Waals surface area contributed by atoms with Gasteiger partial charge in [-0.05, 0) is 44.2 Å². The molecule has 0 spiro atoms. The molecular weight excluding hydrogens is 396 g/mol. The van der Waals surface area contributed by atoms with Crippen LogP contribution in [-0.4, -0.2) is 37.4 Å². The van der Waals surface area contributed by atoms with Crippen molar-refractivity contribution in [3.63, 3.8) is 0 Å². The van der Waals surface area contributed by atoms with Gasteiger partial charge < -0.3 is 14.8 Å². The van der Waals surface area contributed by atoms with E-state index in [9.17, 15) is 9.59 Å². The summed E-state index contributed by atoms with van der Waals surface area (Å²) < 4.78 is 6.57. The van der Waals surface area contributed by atoms with Crippen LogP contribution in [0.1, 0.15) is 42.4 Å². The Morgan fingerprint density at radius 2 is 2.07 bits per heavy atom. The van der Waals surface area contributed by atoms with Crippen molar-refractivity contribution in [3.8, 4) is 5.75 Å². The molecule has 0 aliphatic heterocycles. The third-order valence-electron chi connectivity index (χ3n) is 5.05. The van der Waals surface area contributed by atoms with Gasteiger partial charge in [0.2, 0.25) is 0 Å². The summed E-state index contributed by atoms with van der Waals surface area (Å²) >= 11 is 6.25. The standard InChI is InChI=1S/C20H21ClN4O4/c1-2-29-17-8-16-15(7-13(17)21)22-18(23-16)9-14-11-5-3-4-6-12(11)20(28)25(24-14)10-19(26)27/h7-8H,2-6,9-10H2,1H3,(H,22,23)(H,26,27). The van der Waals surface area contributed by atoms with Gasteiger partial charge in [-0.1, -0.05) is 11.6 Å². The number of aromatic nitrogens is 4. The fourth-order valence-corrected chi connectivity index (χ4v) is 4.04. The Morgan fingerprint density at radius 3 is 2.79 bits per heavy atom. The van der Waals surface area contributed by atoms with Crippen LogP contribution >= 0.6 is 11.6 Å². The summed E-state index contributed by atoms with van der Waals surface area (Å²) in [4.78, 5) is 31.6. The Bertz CT molecular complexity index is 1150. The van der Waals surface area contributed by atoms with Gasteiger partial charge in [0.05, 0.1) is 34.8 Å². The molecule has 1 aliphatic carbocycles. The van der Waals surface area contributed by atoms with E-state index in [4.69, 9.17) is 21.4 Å². The first kappa shape index (κ1) is 19.4. The second-order valence-corrected chi connectivity index (χ2v) is 7.47. The molecule has 0 bridgehead atoms. The molecule has 1 aromatic carbocycles. The van der Waals surface area contributed by atoms with Gasteiger partial charge >= 0.3 is 5.97 Å². The Kier molecular flexibility index (Phi) is 5.27. The van der Waals surface area contributed by atoms with Crippen molar-refractivity contribution < 1.29 is 14.6 Å². The Hall–Kier alpha value is -2.87. The van der Waals surface area contributed by atoms with Crippen LogP contribution in [0, 0.1) is 0 Å². The van der Waals surface area contributed by atoms with Crippen LogP contribution in [0.2, 0.25) is 5.02 Å². The highest BCUT2D eigenvalue weighted by Crippen LogP contribution is 2.30. The first-order valence-electron chi connectivity index (χ1n) is 9.60. The maximum absolute atomic E-state index is 12.6. The quantitative estimate of drug-likeness (QED) is 0.639. The summed E-state index contributed by atoms with van der Waals surface area (Å²) in [6.07, 6.45) is 3.69. The zero-order chi connectivity index (χ0) is 20.5. The second kappa shape index (κ2) is 7.87. The van der Waals surface area contributed by atoms with E-state index >= 15 is 0 Å². The number of carboxylic acid groups (broad SMARTS) is 1. The van der Waals surface area contributed by atoms with Crippen molar-refractivity contribution in [1.29, 1.82) is 0 Å². The van der Waals surface area contributed by atoms with Crippen LogP contribution in [0.3, 0.4) is 0 Å². The fourth-order valence-electron chi connectivity index (χ4n) is 3.82. The zero-order valence-electron chi connectivity index (χ0n) is 16.0. The minimum Gasteiger partial charge on any atom is -0.492 e. The molecule has 29 heavy (non-hydrogen) atoms. The summed E-state index contributed by atoms with van der Waals surface area (Å²) in [6.45, 7) is 1.94. The number of ether oxygens (including phenoxy) is 1. The van der Waals surface area contributed by atoms with Crippen molar-refractivity contribution in [2.45, 2.75) is 45.6 Å². The fraction of sp³-hybridized carbons (Fsp3) is 0.400. The Balaban J connectivity index is 1.75. The molecular formula is C20H21ClN4O4. The number of aliphatic carboxylic acids is 1. The predicted octanol–water partition coefficient (Wildman–Crippen LogP) is 2.73. The van der Waals surface area contributed by atoms with E-state index in [1.54, 1.807) is 12.1 Å². The minimum absolute atomic E-state index is 0.302. The Morgan fingerprint density at radius 1 is 1.31 bits per heavy atom. The van der Waals surface area contributed by atoms with Gasteiger partial charge in [-0.2, -0.15) is 5.10 Å². The van der Waals surface area contributed by atoms with E-state index in [0.717, 1.165) is 40.5 Å². The van der Waals surface area contributed by atoms with Crippen molar-refractivity contribution in [2.75, 3.05) is 6.61 Å². The molecule has 2 aromatic heterocycles. The van der Waals surface area contributed by atoms with Crippen molar-refractivity contribution in [1.82, 2.24) is 19.7 Å². The smallest absolute Gasteiger partial charge is 0.325 e. The molecule has 0 unspecified atom stereocenters. The van der Waals surface area contributed by atoms with Crippen LogP contribution in [-0.2, 0) is 30.6 Å². The van der Waals surface area contributed by atoms with E-state index in [0.29, 0.717) is 47.3 Å². The lowest BCUT2D eigenvalue weighted by Gasteiger charge is -2.19. The summed E-state index contributed by atoms with van der Waals surface area (Å²) in [6, 6.07) is 3.56. The second-order valence-electron chi connectivity index (χ2n) is 7.06. The molecule has 4 rings (SSSR count). The van der Waals surface area contributed by atoms with Crippen LogP contribution in [0.25, 0.3) is 11.0 Å². The molecule has 3 aromatic rings. The Labute approximate surface area is 171 Å². The topological polar surface area (TPSA) is 110 Å². The van der Waals surface area contributed by atoms with Crippen LogP contribution in [0.4, 0.5) is 0 Å². The molecule has 152 valence electrons. The van der Waals surface area contributed by atoms with Crippen molar-refractivity contribution >= 4 is 28.6 Å². The van der Waals surface area contributed by atoms with Gasteiger partial charge in [-0.15, -0.1) is 0 Å². The number of imidazole rings is 1. The number of fused-ring (bicyclic) bond motifs is 2. The van der Waals surface area contributed by atoms with Gasteiger partial charge in [0.15, 0.2) is 0 Å². The van der Waals surface area contributed by atoms with E-state index in [-0.39, 0.29) is 5.56 Å². The molecule has 2 heterocycles. The molecule has 0 amide bonds. The number of nitrogens with zero attached hydrogens (tertiary/aromatic N) is 3. The average molecular weight is 417 g/mol. The highest BCUT2D eigenvalue weighted by atomic mass is 35.5. The molecule has 2 N–H and O–H groups in total. The van der Waals surface area contributed by atoms with Crippen LogP contribution in [0.15, 0.2) is 16.9 Å².